The van der Waals surface area contributed by atoms with E-state index in [1.54, 1.807) is 7.05 Å². The van der Waals surface area contributed by atoms with E-state index in [1.807, 2.05) is 0 Å². The van der Waals surface area contributed by atoms with E-state index < -0.39 is 0 Å². The van der Waals surface area contributed by atoms with Crippen LogP contribution >= 0.6 is 11.6 Å². The third-order valence-electron chi connectivity index (χ3n) is 2.50. The molecule has 2 rings (SSSR count). The summed E-state index contributed by atoms with van der Waals surface area (Å²) in [5, 5.41) is 15.4. The summed E-state index contributed by atoms with van der Waals surface area (Å²) in [5.41, 5.74) is 0. The lowest BCUT2D eigenvalue weighted by Crippen LogP contribution is -2.32. The second-order valence-corrected chi connectivity index (χ2v) is 4.19. The molecule has 0 spiro atoms. The van der Waals surface area contributed by atoms with Crippen molar-refractivity contribution in [1.82, 2.24) is 25.5 Å². The predicted octanol–water partition coefficient (Wildman–Crippen LogP) is 0.460. The number of alkyl halides is 1. The van der Waals surface area contributed by atoms with Crippen LogP contribution in [-0.2, 0) is 13.6 Å². The van der Waals surface area contributed by atoms with Gasteiger partial charge in [0.05, 0.1) is 13.6 Å². The average molecular weight is 216 g/mol. The van der Waals surface area contributed by atoms with Gasteiger partial charge in [0.2, 0.25) is 0 Å². The van der Waals surface area contributed by atoms with Gasteiger partial charge in [0.1, 0.15) is 0 Å². The summed E-state index contributed by atoms with van der Waals surface area (Å²) in [6.45, 7) is 0.654. The fraction of sp³-hybridized carbons (Fsp3) is 0.875. The zero-order valence-electron chi connectivity index (χ0n) is 8.15. The largest absolute Gasteiger partial charge is 0.305 e. The summed E-state index contributed by atoms with van der Waals surface area (Å²) >= 11 is 6.13. The highest BCUT2D eigenvalue weighted by Gasteiger charge is 2.24. The first-order valence-corrected chi connectivity index (χ1v) is 5.29. The van der Waals surface area contributed by atoms with Gasteiger partial charge in [-0.3, -0.25) is 0 Å². The van der Waals surface area contributed by atoms with Gasteiger partial charge in [0.25, 0.3) is 0 Å². The molecule has 1 aromatic heterocycles. The lowest BCUT2D eigenvalue weighted by atomic mass is 10.2. The monoisotopic (exact) mass is 215 g/mol. The molecule has 14 heavy (non-hydrogen) atoms. The maximum absolute atomic E-state index is 6.13. The molecule has 2 atom stereocenters. The minimum Gasteiger partial charge on any atom is -0.305 e. The summed E-state index contributed by atoms with van der Waals surface area (Å²) in [6.07, 6.45) is 3.46. The Morgan fingerprint density at radius 3 is 3.00 bits per heavy atom. The van der Waals surface area contributed by atoms with Crippen molar-refractivity contribution in [2.45, 2.75) is 37.2 Å². The number of tetrazole rings is 1. The van der Waals surface area contributed by atoms with Crippen molar-refractivity contribution in [3.05, 3.63) is 5.82 Å². The van der Waals surface area contributed by atoms with Crippen molar-refractivity contribution in [3.63, 3.8) is 0 Å². The van der Waals surface area contributed by atoms with Crippen molar-refractivity contribution in [2.24, 2.45) is 7.05 Å². The maximum Gasteiger partial charge on any atom is 0.188 e. The van der Waals surface area contributed by atoms with Crippen molar-refractivity contribution < 1.29 is 0 Å². The minimum absolute atomic E-state index is 0.256. The van der Waals surface area contributed by atoms with Crippen molar-refractivity contribution >= 4 is 11.6 Å². The molecule has 5 nitrogen and oxygen atoms in total. The highest BCUT2D eigenvalue weighted by molar-refractivity contribution is 6.21. The van der Waals surface area contributed by atoms with Gasteiger partial charge in [-0.1, -0.05) is 6.42 Å². The van der Waals surface area contributed by atoms with E-state index in [1.165, 1.54) is 11.2 Å². The van der Waals surface area contributed by atoms with Crippen LogP contribution in [0.25, 0.3) is 0 Å². The molecule has 0 radical (unpaired) electrons. The Morgan fingerprint density at radius 1 is 1.57 bits per heavy atom. The van der Waals surface area contributed by atoms with E-state index in [-0.39, 0.29) is 5.38 Å². The Balaban J connectivity index is 1.82. The van der Waals surface area contributed by atoms with Crippen LogP contribution in [0.4, 0.5) is 0 Å². The number of aromatic nitrogens is 4. The van der Waals surface area contributed by atoms with E-state index in [9.17, 15) is 0 Å². The molecule has 1 N–H and O–H groups in total. The molecule has 1 heterocycles. The molecule has 0 saturated heterocycles. The average Bonchev–Trinajstić information content (AvgIpc) is 2.72. The summed E-state index contributed by atoms with van der Waals surface area (Å²) < 4.78 is 0. The molecule has 0 amide bonds. The first-order chi connectivity index (χ1) is 6.75. The quantitative estimate of drug-likeness (QED) is 0.745. The van der Waals surface area contributed by atoms with Crippen LogP contribution in [0.3, 0.4) is 0 Å². The fourth-order valence-electron chi connectivity index (χ4n) is 1.76. The third-order valence-corrected chi connectivity index (χ3v) is 3.03. The Bertz CT molecular complexity index is 300. The molecule has 1 fully saturated rings. The molecule has 0 bridgehead atoms. The van der Waals surface area contributed by atoms with E-state index in [4.69, 9.17) is 11.6 Å². The predicted molar refractivity (Wildman–Crippen MR) is 52.9 cm³/mol. The fourth-order valence-corrected chi connectivity index (χ4v) is 2.13. The van der Waals surface area contributed by atoms with E-state index in [2.05, 4.69) is 20.7 Å². The third kappa shape index (κ3) is 2.22. The number of halogens is 1. The van der Waals surface area contributed by atoms with Crippen LogP contribution in [0.15, 0.2) is 0 Å². The summed E-state index contributed by atoms with van der Waals surface area (Å²) in [6, 6.07) is 0.403. The smallest absolute Gasteiger partial charge is 0.188 e. The van der Waals surface area contributed by atoms with E-state index in [0.29, 0.717) is 12.6 Å². The number of aryl methyl sites for hydroxylation is 1. The zero-order chi connectivity index (χ0) is 9.97. The molecule has 78 valence electrons. The normalized spacial score (nSPS) is 27.0. The molecule has 2 unspecified atom stereocenters. The first-order valence-electron chi connectivity index (χ1n) is 4.86. The van der Waals surface area contributed by atoms with E-state index in [0.717, 1.165) is 18.7 Å². The first kappa shape index (κ1) is 9.86. The summed E-state index contributed by atoms with van der Waals surface area (Å²) in [4.78, 5) is 1.46. The topological polar surface area (TPSA) is 55.6 Å². The van der Waals surface area contributed by atoms with Gasteiger partial charge in [-0.2, -0.15) is 4.80 Å². The molecule has 0 aromatic carbocycles. The van der Waals surface area contributed by atoms with Crippen LogP contribution in [0.2, 0.25) is 0 Å². The van der Waals surface area contributed by atoms with Gasteiger partial charge >= 0.3 is 0 Å². The van der Waals surface area contributed by atoms with Gasteiger partial charge < -0.3 is 5.32 Å². The lowest BCUT2D eigenvalue weighted by Gasteiger charge is -2.13. The van der Waals surface area contributed by atoms with Crippen LogP contribution < -0.4 is 5.32 Å². The van der Waals surface area contributed by atoms with Crippen molar-refractivity contribution in [2.75, 3.05) is 0 Å². The highest BCUT2D eigenvalue weighted by atomic mass is 35.5. The number of hydrogen-bond donors (Lipinski definition) is 1. The van der Waals surface area contributed by atoms with Crippen molar-refractivity contribution in [3.8, 4) is 0 Å². The van der Waals surface area contributed by atoms with Crippen molar-refractivity contribution in [1.29, 1.82) is 0 Å². The van der Waals surface area contributed by atoms with Gasteiger partial charge in [0, 0.05) is 11.4 Å². The van der Waals surface area contributed by atoms with Crippen LogP contribution in [-0.4, -0.2) is 31.6 Å². The van der Waals surface area contributed by atoms with Gasteiger partial charge in [-0.05, 0) is 18.1 Å². The molecule has 1 saturated carbocycles. The number of hydrogen-bond acceptors (Lipinski definition) is 4. The number of nitrogens with one attached hydrogen (secondary N) is 1. The molecule has 1 aromatic rings. The molecule has 6 heteroatoms. The van der Waals surface area contributed by atoms with Crippen LogP contribution in [0, 0.1) is 0 Å². The van der Waals surface area contributed by atoms with Crippen LogP contribution in [0.1, 0.15) is 25.1 Å². The lowest BCUT2D eigenvalue weighted by molar-refractivity contribution is 0.516. The molecular formula is C8H14ClN5. The highest BCUT2D eigenvalue weighted by Crippen LogP contribution is 2.23. The molecule has 1 aliphatic carbocycles. The number of nitrogens with zero attached hydrogens (tertiary/aromatic N) is 4. The summed E-state index contributed by atoms with van der Waals surface area (Å²) in [7, 11) is 1.76. The Morgan fingerprint density at radius 2 is 2.43 bits per heavy atom. The molecule has 1 aliphatic rings. The van der Waals surface area contributed by atoms with E-state index >= 15 is 0 Å². The standard InChI is InChI=1S/C8H14ClN5/c1-14-12-8(11-13-14)5-10-7-4-2-3-6(7)9/h6-7,10H,2-5H2,1H3. The van der Waals surface area contributed by atoms with Gasteiger partial charge in [-0.25, -0.2) is 0 Å². The SMILES string of the molecule is Cn1nnc(CNC2CCCC2Cl)n1. The van der Waals surface area contributed by atoms with Gasteiger partial charge in [0.15, 0.2) is 5.82 Å². The Labute approximate surface area is 87.8 Å². The Hall–Kier alpha value is -0.680. The Kier molecular flexibility index (Phi) is 2.98. The van der Waals surface area contributed by atoms with Gasteiger partial charge in [-0.15, -0.1) is 21.8 Å². The number of rotatable bonds is 3. The minimum atomic E-state index is 0.256. The molecular weight excluding hydrogens is 202 g/mol. The second kappa shape index (κ2) is 4.23. The maximum atomic E-state index is 6.13. The second-order valence-electron chi connectivity index (χ2n) is 3.63. The van der Waals surface area contributed by atoms with Crippen LogP contribution in [0.5, 0.6) is 0 Å². The summed E-state index contributed by atoms with van der Waals surface area (Å²) in [5.74, 6) is 0.725. The molecule has 0 aliphatic heterocycles. The zero-order valence-corrected chi connectivity index (χ0v) is 8.91.